The SMILES string of the molecule is CC1(NCCc2cccc3[nH]ncc23)CC1. The van der Waals surface area contributed by atoms with Gasteiger partial charge in [0.25, 0.3) is 0 Å². The molecule has 2 aromatic rings. The summed E-state index contributed by atoms with van der Waals surface area (Å²) in [6, 6.07) is 6.35. The Morgan fingerprint density at radius 3 is 3.12 bits per heavy atom. The van der Waals surface area contributed by atoms with Gasteiger partial charge >= 0.3 is 0 Å². The molecule has 1 aliphatic carbocycles. The minimum Gasteiger partial charge on any atom is -0.311 e. The van der Waals surface area contributed by atoms with Crippen LogP contribution in [0.15, 0.2) is 24.4 Å². The first-order valence-corrected chi connectivity index (χ1v) is 5.93. The molecule has 1 heterocycles. The first kappa shape index (κ1) is 9.85. The average Bonchev–Trinajstić information content (AvgIpc) is 2.82. The summed E-state index contributed by atoms with van der Waals surface area (Å²) < 4.78 is 0. The maximum atomic E-state index is 4.09. The molecule has 2 N–H and O–H groups in total. The monoisotopic (exact) mass is 215 g/mol. The van der Waals surface area contributed by atoms with Crippen LogP contribution in [0.2, 0.25) is 0 Å². The Hall–Kier alpha value is -1.35. The van der Waals surface area contributed by atoms with E-state index in [0.29, 0.717) is 5.54 Å². The minimum atomic E-state index is 0.435. The molecule has 3 heteroatoms. The summed E-state index contributed by atoms with van der Waals surface area (Å²) in [5.74, 6) is 0. The van der Waals surface area contributed by atoms with Crippen LogP contribution in [0.1, 0.15) is 25.3 Å². The molecule has 1 saturated carbocycles. The number of nitrogens with one attached hydrogen (secondary N) is 2. The van der Waals surface area contributed by atoms with Crippen LogP contribution in [-0.2, 0) is 6.42 Å². The molecule has 3 rings (SSSR count). The van der Waals surface area contributed by atoms with Gasteiger partial charge in [-0.2, -0.15) is 5.10 Å². The molecule has 0 saturated heterocycles. The summed E-state index contributed by atoms with van der Waals surface area (Å²) in [5.41, 5.74) is 2.95. The van der Waals surface area contributed by atoms with Crippen LogP contribution in [0.25, 0.3) is 10.9 Å². The third kappa shape index (κ3) is 1.83. The molecule has 0 radical (unpaired) electrons. The molecule has 0 aliphatic heterocycles. The second kappa shape index (κ2) is 3.59. The molecule has 0 atom stereocenters. The lowest BCUT2D eigenvalue weighted by Gasteiger charge is -2.11. The van der Waals surface area contributed by atoms with E-state index in [2.05, 4.69) is 40.6 Å². The zero-order valence-electron chi connectivity index (χ0n) is 9.59. The van der Waals surface area contributed by atoms with Crippen molar-refractivity contribution in [1.29, 1.82) is 0 Å². The van der Waals surface area contributed by atoms with Crippen LogP contribution in [0, 0.1) is 0 Å². The van der Waals surface area contributed by atoms with E-state index in [9.17, 15) is 0 Å². The number of hydrogen-bond donors (Lipinski definition) is 2. The predicted octanol–water partition coefficient (Wildman–Crippen LogP) is 2.25. The molecule has 0 amide bonds. The molecule has 1 aliphatic rings. The lowest BCUT2D eigenvalue weighted by Crippen LogP contribution is -2.29. The molecule has 0 unspecified atom stereocenters. The van der Waals surface area contributed by atoms with Crippen LogP contribution in [0.4, 0.5) is 0 Å². The number of aromatic amines is 1. The quantitative estimate of drug-likeness (QED) is 0.821. The Balaban J connectivity index is 1.71. The highest BCUT2D eigenvalue weighted by Crippen LogP contribution is 2.34. The minimum absolute atomic E-state index is 0.435. The van der Waals surface area contributed by atoms with E-state index in [4.69, 9.17) is 0 Å². The summed E-state index contributed by atoms with van der Waals surface area (Å²) in [6.07, 6.45) is 5.64. The van der Waals surface area contributed by atoms with E-state index in [-0.39, 0.29) is 0 Å². The maximum Gasteiger partial charge on any atom is 0.0653 e. The molecular weight excluding hydrogens is 198 g/mol. The van der Waals surface area contributed by atoms with Crippen molar-refractivity contribution in [2.24, 2.45) is 0 Å². The third-order valence-corrected chi connectivity index (χ3v) is 3.52. The van der Waals surface area contributed by atoms with Crippen molar-refractivity contribution in [1.82, 2.24) is 15.5 Å². The molecule has 84 valence electrons. The first-order valence-electron chi connectivity index (χ1n) is 5.93. The molecule has 0 spiro atoms. The fourth-order valence-corrected chi connectivity index (χ4v) is 2.11. The van der Waals surface area contributed by atoms with Gasteiger partial charge in [-0.3, -0.25) is 5.10 Å². The summed E-state index contributed by atoms with van der Waals surface area (Å²) in [4.78, 5) is 0. The topological polar surface area (TPSA) is 40.7 Å². The Labute approximate surface area is 95.2 Å². The van der Waals surface area contributed by atoms with Crippen molar-refractivity contribution in [3.63, 3.8) is 0 Å². The molecule has 0 bridgehead atoms. The summed E-state index contributed by atoms with van der Waals surface area (Å²) in [7, 11) is 0. The van der Waals surface area contributed by atoms with Crippen LogP contribution < -0.4 is 5.32 Å². The lowest BCUT2D eigenvalue weighted by molar-refractivity contribution is 0.542. The standard InChI is InChI=1S/C13H17N3/c1-13(6-7-13)14-8-5-10-3-2-4-12-11(10)9-15-16-12/h2-4,9,14H,5-8H2,1H3,(H,15,16). The molecule has 1 fully saturated rings. The van der Waals surface area contributed by atoms with Crippen molar-refractivity contribution >= 4 is 10.9 Å². The molecule has 1 aromatic carbocycles. The zero-order chi connectivity index (χ0) is 11.0. The van der Waals surface area contributed by atoms with Gasteiger partial charge in [-0.15, -0.1) is 0 Å². The highest BCUT2D eigenvalue weighted by atomic mass is 15.1. The van der Waals surface area contributed by atoms with Gasteiger partial charge in [0, 0.05) is 10.9 Å². The number of hydrogen-bond acceptors (Lipinski definition) is 2. The van der Waals surface area contributed by atoms with Crippen molar-refractivity contribution in [2.45, 2.75) is 31.7 Å². The molecule has 1 aromatic heterocycles. The zero-order valence-corrected chi connectivity index (χ0v) is 9.59. The second-order valence-electron chi connectivity index (χ2n) is 4.99. The van der Waals surface area contributed by atoms with Crippen molar-refractivity contribution in [3.8, 4) is 0 Å². The third-order valence-electron chi connectivity index (χ3n) is 3.52. The van der Waals surface area contributed by atoms with Gasteiger partial charge in [0.05, 0.1) is 11.7 Å². The number of benzene rings is 1. The Morgan fingerprint density at radius 1 is 1.44 bits per heavy atom. The van der Waals surface area contributed by atoms with Gasteiger partial charge in [-0.05, 0) is 44.4 Å². The normalized spacial score (nSPS) is 17.8. The van der Waals surface area contributed by atoms with Gasteiger partial charge in [0.2, 0.25) is 0 Å². The van der Waals surface area contributed by atoms with Crippen LogP contribution in [-0.4, -0.2) is 22.3 Å². The van der Waals surface area contributed by atoms with E-state index in [1.54, 1.807) is 0 Å². The fraction of sp³-hybridized carbons (Fsp3) is 0.462. The van der Waals surface area contributed by atoms with Crippen LogP contribution in [0.5, 0.6) is 0 Å². The van der Waals surface area contributed by atoms with E-state index < -0.39 is 0 Å². The number of rotatable bonds is 4. The molecular formula is C13H17N3. The van der Waals surface area contributed by atoms with Crippen LogP contribution >= 0.6 is 0 Å². The van der Waals surface area contributed by atoms with Crippen molar-refractivity contribution < 1.29 is 0 Å². The van der Waals surface area contributed by atoms with Crippen molar-refractivity contribution in [3.05, 3.63) is 30.0 Å². The van der Waals surface area contributed by atoms with Crippen LogP contribution in [0.3, 0.4) is 0 Å². The van der Waals surface area contributed by atoms with E-state index in [0.717, 1.165) is 18.5 Å². The summed E-state index contributed by atoms with van der Waals surface area (Å²) >= 11 is 0. The number of aromatic nitrogens is 2. The number of H-pyrrole nitrogens is 1. The van der Waals surface area contributed by atoms with Gasteiger partial charge in [0.15, 0.2) is 0 Å². The highest BCUT2D eigenvalue weighted by Gasteiger charge is 2.36. The Morgan fingerprint density at radius 2 is 2.31 bits per heavy atom. The van der Waals surface area contributed by atoms with E-state index >= 15 is 0 Å². The predicted molar refractivity (Wildman–Crippen MR) is 65.4 cm³/mol. The smallest absolute Gasteiger partial charge is 0.0653 e. The largest absolute Gasteiger partial charge is 0.311 e. The van der Waals surface area contributed by atoms with E-state index in [1.165, 1.54) is 23.8 Å². The van der Waals surface area contributed by atoms with E-state index in [1.807, 2.05) is 6.20 Å². The van der Waals surface area contributed by atoms with Gasteiger partial charge < -0.3 is 5.32 Å². The second-order valence-corrected chi connectivity index (χ2v) is 4.99. The highest BCUT2D eigenvalue weighted by molar-refractivity contribution is 5.81. The fourth-order valence-electron chi connectivity index (χ4n) is 2.11. The van der Waals surface area contributed by atoms with Gasteiger partial charge in [0.1, 0.15) is 0 Å². The van der Waals surface area contributed by atoms with Gasteiger partial charge in [-0.1, -0.05) is 12.1 Å². The molecule has 16 heavy (non-hydrogen) atoms. The van der Waals surface area contributed by atoms with Crippen molar-refractivity contribution in [2.75, 3.05) is 6.54 Å². The van der Waals surface area contributed by atoms with Gasteiger partial charge in [-0.25, -0.2) is 0 Å². The molecule has 3 nitrogen and oxygen atoms in total. The average molecular weight is 215 g/mol. The Bertz CT molecular complexity index is 497. The maximum absolute atomic E-state index is 4.09. The lowest BCUT2D eigenvalue weighted by atomic mass is 10.1. The Kier molecular flexibility index (Phi) is 2.21. The summed E-state index contributed by atoms with van der Waals surface area (Å²) in [6.45, 7) is 3.35. The first-order chi connectivity index (χ1) is 7.77. The number of fused-ring (bicyclic) bond motifs is 1. The number of nitrogens with zero attached hydrogens (tertiary/aromatic N) is 1. The summed E-state index contributed by atoms with van der Waals surface area (Å²) in [5, 5.41) is 12.0.